The molecule has 0 radical (unpaired) electrons. The van der Waals surface area contributed by atoms with Gasteiger partial charge in [0.15, 0.2) is 0 Å². The average Bonchev–Trinajstić information content (AvgIpc) is 2.40. The second-order valence-corrected chi connectivity index (χ2v) is 5.32. The lowest BCUT2D eigenvalue weighted by molar-refractivity contribution is -0.119. The molecule has 0 N–H and O–H groups in total. The molecule has 0 unspecified atom stereocenters. The van der Waals surface area contributed by atoms with E-state index >= 15 is 0 Å². The van der Waals surface area contributed by atoms with Gasteiger partial charge in [0.2, 0.25) is 0 Å². The van der Waals surface area contributed by atoms with E-state index in [2.05, 4.69) is 19.6 Å². The normalized spacial score (nSPS) is 11.0. The zero-order chi connectivity index (χ0) is 14.2. The molecule has 0 aromatic heterocycles. The Labute approximate surface area is 120 Å². The summed E-state index contributed by atoms with van der Waals surface area (Å²) < 4.78 is 0. The molecule has 0 fully saturated rings. The van der Waals surface area contributed by atoms with Crippen LogP contribution in [0, 0.1) is 0 Å². The van der Waals surface area contributed by atoms with Crippen molar-refractivity contribution in [2.75, 3.05) is 0 Å². The maximum Gasteiger partial charge on any atom is 0.132 e. The maximum absolute atomic E-state index is 11.3. The molecule has 110 valence electrons. The van der Waals surface area contributed by atoms with Crippen LogP contribution >= 0.6 is 0 Å². The van der Waals surface area contributed by atoms with Crippen molar-refractivity contribution in [2.24, 2.45) is 0 Å². The molecule has 0 aromatic rings. The minimum absolute atomic E-state index is 0.454. The highest BCUT2D eigenvalue weighted by atomic mass is 16.1. The molecule has 0 aliphatic carbocycles. The second kappa shape index (κ2) is 15.2. The number of unbranched alkanes of at least 4 members (excludes halogenated alkanes) is 8. The van der Waals surface area contributed by atoms with Crippen LogP contribution in [-0.4, -0.2) is 5.78 Å². The smallest absolute Gasteiger partial charge is 0.132 e. The first-order chi connectivity index (χ1) is 9.31. The Morgan fingerprint density at radius 3 is 2.05 bits per heavy atom. The number of rotatable bonds is 14. The number of carbonyl (C=O) groups excluding carboxylic acids is 1. The van der Waals surface area contributed by atoms with Crippen LogP contribution in [0.25, 0.3) is 0 Å². The zero-order valence-electron chi connectivity index (χ0n) is 12.8. The summed E-state index contributed by atoms with van der Waals surface area (Å²) in [5, 5.41) is 0. The fraction of sp³-hybridized carbons (Fsp3) is 0.722. The monoisotopic (exact) mass is 264 g/mol. The molecule has 19 heavy (non-hydrogen) atoms. The molecular formula is C18H32O. The number of ketones is 1. The van der Waals surface area contributed by atoms with Crippen LogP contribution in [0.15, 0.2) is 24.8 Å². The first-order valence-electron chi connectivity index (χ1n) is 8.10. The van der Waals surface area contributed by atoms with Crippen LogP contribution in [-0.2, 0) is 4.79 Å². The largest absolute Gasteiger partial charge is 0.300 e. The molecule has 1 heteroatoms. The molecule has 0 saturated carbocycles. The van der Waals surface area contributed by atoms with Gasteiger partial charge in [-0.05, 0) is 25.7 Å². The van der Waals surface area contributed by atoms with Gasteiger partial charge in [-0.15, -0.1) is 0 Å². The number of Topliss-reactive ketones (excluding diaryl/α,β-unsaturated/α-hetero) is 1. The Morgan fingerprint density at radius 2 is 1.47 bits per heavy atom. The van der Waals surface area contributed by atoms with Crippen LogP contribution in [0.2, 0.25) is 0 Å². The standard InChI is InChI=1S/C18H32O/c1-3-5-6-7-8-9-10-11-12-13-14-15-17-18(19)16-4-2/h3,5-6H,1,4,7-17H2,2H3/b6-5+. The van der Waals surface area contributed by atoms with E-state index < -0.39 is 0 Å². The lowest BCUT2D eigenvalue weighted by Crippen LogP contribution is -1.96. The third-order valence-corrected chi connectivity index (χ3v) is 3.38. The van der Waals surface area contributed by atoms with E-state index in [0.717, 1.165) is 25.7 Å². The number of hydrogen-bond donors (Lipinski definition) is 0. The van der Waals surface area contributed by atoms with Gasteiger partial charge in [-0.1, -0.05) is 70.3 Å². The van der Waals surface area contributed by atoms with E-state index in [1.807, 2.05) is 12.2 Å². The van der Waals surface area contributed by atoms with Gasteiger partial charge in [-0.2, -0.15) is 0 Å². The molecule has 0 saturated heterocycles. The van der Waals surface area contributed by atoms with E-state index in [-0.39, 0.29) is 0 Å². The summed E-state index contributed by atoms with van der Waals surface area (Å²) in [6.45, 7) is 5.73. The fourth-order valence-corrected chi connectivity index (χ4v) is 2.24. The molecule has 0 bridgehead atoms. The Balaban J connectivity index is 3.08. The van der Waals surface area contributed by atoms with E-state index in [9.17, 15) is 4.79 Å². The van der Waals surface area contributed by atoms with Crippen molar-refractivity contribution in [3.05, 3.63) is 24.8 Å². The van der Waals surface area contributed by atoms with Crippen LogP contribution in [0.1, 0.15) is 84.0 Å². The first kappa shape index (κ1) is 18.1. The predicted octanol–water partition coefficient (Wildman–Crippen LogP) is 6.00. The molecule has 0 aliphatic rings. The molecule has 1 nitrogen and oxygen atoms in total. The second-order valence-electron chi connectivity index (χ2n) is 5.32. The van der Waals surface area contributed by atoms with Crippen molar-refractivity contribution in [3.63, 3.8) is 0 Å². The molecule has 0 amide bonds. The molecule has 0 rings (SSSR count). The minimum atomic E-state index is 0.454. The summed E-state index contributed by atoms with van der Waals surface area (Å²) in [6.07, 6.45) is 20.2. The molecule has 0 heterocycles. The van der Waals surface area contributed by atoms with Gasteiger partial charge in [0.1, 0.15) is 5.78 Å². The van der Waals surface area contributed by atoms with Crippen molar-refractivity contribution in [2.45, 2.75) is 84.0 Å². The van der Waals surface area contributed by atoms with Crippen molar-refractivity contribution in [3.8, 4) is 0 Å². The summed E-state index contributed by atoms with van der Waals surface area (Å²) in [4.78, 5) is 11.3. The first-order valence-corrected chi connectivity index (χ1v) is 8.10. The van der Waals surface area contributed by atoms with Gasteiger partial charge in [0, 0.05) is 12.8 Å². The number of hydrogen-bond acceptors (Lipinski definition) is 1. The van der Waals surface area contributed by atoms with Gasteiger partial charge in [0.05, 0.1) is 0 Å². The Kier molecular flexibility index (Phi) is 14.5. The molecule has 0 spiro atoms. The Morgan fingerprint density at radius 1 is 0.895 bits per heavy atom. The van der Waals surface area contributed by atoms with Crippen LogP contribution < -0.4 is 0 Å². The maximum atomic E-state index is 11.3. The zero-order valence-corrected chi connectivity index (χ0v) is 12.8. The Hall–Kier alpha value is -0.850. The Bertz CT molecular complexity index is 240. The lowest BCUT2D eigenvalue weighted by Gasteiger charge is -2.01. The molecular weight excluding hydrogens is 232 g/mol. The van der Waals surface area contributed by atoms with Gasteiger partial charge in [-0.25, -0.2) is 0 Å². The lowest BCUT2D eigenvalue weighted by atomic mass is 10.0. The summed E-state index contributed by atoms with van der Waals surface area (Å²) in [5.41, 5.74) is 0. The molecule has 0 aromatic carbocycles. The summed E-state index contributed by atoms with van der Waals surface area (Å²) in [7, 11) is 0. The predicted molar refractivity (Wildman–Crippen MR) is 85.4 cm³/mol. The third-order valence-electron chi connectivity index (χ3n) is 3.38. The average molecular weight is 264 g/mol. The van der Waals surface area contributed by atoms with E-state index in [4.69, 9.17) is 0 Å². The molecule has 0 aliphatic heterocycles. The van der Waals surface area contributed by atoms with Gasteiger partial charge < -0.3 is 0 Å². The SMILES string of the molecule is C=C/C=C/CCCCCCCCCCC(=O)CCC. The van der Waals surface area contributed by atoms with Gasteiger partial charge >= 0.3 is 0 Å². The quantitative estimate of drug-likeness (QED) is 0.278. The van der Waals surface area contributed by atoms with E-state index in [1.165, 1.54) is 51.4 Å². The van der Waals surface area contributed by atoms with Gasteiger partial charge in [-0.3, -0.25) is 4.79 Å². The van der Waals surface area contributed by atoms with E-state index in [1.54, 1.807) is 0 Å². The summed E-state index contributed by atoms with van der Waals surface area (Å²) in [5.74, 6) is 0.454. The van der Waals surface area contributed by atoms with E-state index in [0.29, 0.717) is 5.78 Å². The highest BCUT2D eigenvalue weighted by Crippen LogP contribution is 2.11. The van der Waals surface area contributed by atoms with Crippen molar-refractivity contribution in [1.29, 1.82) is 0 Å². The topological polar surface area (TPSA) is 17.1 Å². The van der Waals surface area contributed by atoms with Crippen LogP contribution in [0.4, 0.5) is 0 Å². The third kappa shape index (κ3) is 15.1. The number of allylic oxidation sites excluding steroid dienone is 3. The van der Waals surface area contributed by atoms with Crippen molar-refractivity contribution < 1.29 is 4.79 Å². The highest BCUT2D eigenvalue weighted by molar-refractivity contribution is 5.78. The van der Waals surface area contributed by atoms with Crippen molar-refractivity contribution >= 4 is 5.78 Å². The van der Waals surface area contributed by atoms with Crippen molar-refractivity contribution in [1.82, 2.24) is 0 Å². The fourth-order valence-electron chi connectivity index (χ4n) is 2.24. The minimum Gasteiger partial charge on any atom is -0.300 e. The number of carbonyl (C=O) groups is 1. The summed E-state index contributed by atoms with van der Waals surface area (Å²) >= 11 is 0. The van der Waals surface area contributed by atoms with Crippen LogP contribution in [0.5, 0.6) is 0 Å². The molecule has 0 atom stereocenters. The van der Waals surface area contributed by atoms with Gasteiger partial charge in [0.25, 0.3) is 0 Å². The summed E-state index contributed by atoms with van der Waals surface area (Å²) in [6, 6.07) is 0. The highest BCUT2D eigenvalue weighted by Gasteiger charge is 1.99. The van der Waals surface area contributed by atoms with Crippen LogP contribution in [0.3, 0.4) is 0 Å².